The topological polar surface area (TPSA) is 12.9 Å². The highest BCUT2D eigenvalue weighted by atomic mass is 32.1. The third kappa shape index (κ3) is 2.14. The Morgan fingerprint density at radius 2 is 2.22 bits per heavy atom. The smallest absolute Gasteiger partial charge is 0.0950 e. The third-order valence-corrected chi connectivity index (χ3v) is 2.02. The molecule has 0 amide bonds. The summed E-state index contributed by atoms with van der Waals surface area (Å²) in [7, 11) is 0. The Morgan fingerprint density at radius 3 is 2.44 bits per heavy atom. The molecule has 0 unspecified atom stereocenters. The molecule has 0 fully saturated rings. The average Bonchev–Trinajstić information content (AvgIpc) is 2.12. The maximum Gasteiger partial charge on any atom is 0.0950 e. The lowest BCUT2D eigenvalue weighted by Gasteiger charge is -1.93. The normalized spacial score (nSPS) is 9.22. The summed E-state index contributed by atoms with van der Waals surface area (Å²) in [6, 6.07) is 0. The van der Waals surface area contributed by atoms with Crippen molar-refractivity contribution < 1.29 is 0 Å². The molecule has 9 heavy (non-hydrogen) atoms. The van der Waals surface area contributed by atoms with Crippen LogP contribution in [0.15, 0.2) is 11.6 Å². The highest BCUT2D eigenvalue weighted by Crippen LogP contribution is 2.15. The summed E-state index contributed by atoms with van der Waals surface area (Å²) < 4.78 is 0. The first-order chi connectivity index (χ1) is 3.80. The van der Waals surface area contributed by atoms with Crippen LogP contribution in [0.1, 0.15) is 32.2 Å². The molecule has 1 aromatic rings. The van der Waals surface area contributed by atoms with Gasteiger partial charge in [-0.25, -0.2) is 4.98 Å². The fraction of sp³-hybridized carbons (Fsp3) is 0.571. The molecule has 0 spiro atoms. The largest absolute Gasteiger partial charge is 0.249 e. The molecule has 1 nitrogen and oxygen atoms in total. The molecule has 0 saturated carbocycles. The van der Waals surface area contributed by atoms with Crippen molar-refractivity contribution in [2.45, 2.75) is 27.2 Å². The van der Waals surface area contributed by atoms with Gasteiger partial charge in [-0.3, -0.25) is 0 Å². The minimum absolute atomic E-state index is 0. The fourth-order valence-corrected chi connectivity index (χ4v) is 1.17. The van der Waals surface area contributed by atoms with Gasteiger partial charge in [0.05, 0.1) is 5.01 Å². The molecule has 1 heterocycles. The highest BCUT2D eigenvalue weighted by molar-refractivity contribution is 7.09. The highest BCUT2D eigenvalue weighted by Gasteiger charge is 1.97. The van der Waals surface area contributed by atoms with Gasteiger partial charge in [-0.1, -0.05) is 21.3 Å². The summed E-state index contributed by atoms with van der Waals surface area (Å²) in [6.45, 7) is 4.30. The van der Waals surface area contributed by atoms with Crippen molar-refractivity contribution in [2.75, 3.05) is 0 Å². The maximum absolute atomic E-state index is 4.13. The van der Waals surface area contributed by atoms with E-state index in [1.165, 1.54) is 5.01 Å². The molecule has 0 aromatic carbocycles. The van der Waals surface area contributed by atoms with Crippen molar-refractivity contribution in [2.24, 2.45) is 0 Å². The van der Waals surface area contributed by atoms with Gasteiger partial charge in [0.2, 0.25) is 0 Å². The summed E-state index contributed by atoms with van der Waals surface area (Å²) in [4.78, 5) is 4.13. The second-order valence-corrected chi connectivity index (χ2v) is 2.95. The second-order valence-electron chi connectivity index (χ2n) is 2.03. The first kappa shape index (κ1) is 8.63. The van der Waals surface area contributed by atoms with Gasteiger partial charge in [-0.2, -0.15) is 0 Å². The van der Waals surface area contributed by atoms with Gasteiger partial charge in [-0.15, -0.1) is 11.3 Å². The van der Waals surface area contributed by atoms with E-state index in [9.17, 15) is 0 Å². The van der Waals surface area contributed by atoms with Crippen LogP contribution in [0.2, 0.25) is 0 Å². The Morgan fingerprint density at radius 1 is 1.56 bits per heavy atom. The first-order valence-electron chi connectivity index (χ1n) is 2.70. The van der Waals surface area contributed by atoms with Gasteiger partial charge in [0.15, 0.2) is 0 Å². The lowest BCUT2D eigenvalue weighted by Crippen LogP contribution is -1.81. The Kier molecular flexibility index (Phi) is 3.47. The van der Waals surface area contributed by atoms with Crippen LogP contribution in [0.3, 0.4) is 0 Å². The van der Waals surface area contributed by atoms with Gasteiger partial charge in [0.25, 0.3) is 0 Å². The van der Waals surface area contributed by atoms with Gasteiger partial charge in [0, 0.05) is 17.5 Å². The van der Waals surface area contributed by atoms with E-state index in [4.69, 9.17) is 0 Å². The van der Waals surface area contributed by atoms with Crippen LogP contribution in [0.4, 0.5) is 0 Å². The lowest BCUT2D eigenvalue weighted by atomic mass is 10.2. The van der Waals surface area contributed by atoms with Gasteiger partial charge in [-0.05, 0) is 0 Å². The zero-order valence-corrected chi connectivity index (χ0v) is 5.90. The average molecular weight is 143 g/mol. The molecule has 52 valence electrons. The summed E-state index contributed by atoms with van der Waals surface area (Å²) in [5.41, 5.74) is 0. The monoisotopic (exact) mass is 143 g/mol. The van der Waals surface area contributed by atoms with Crippen molar-refractivity contribution in [3.8, 4) is 0 Å². The van der Waals surface area contributed by atoms with Crippen molar-refractivity contribution in [1.82, 2.24) is 4.98 Å². The number of hydrogen-bond donors (Lipinski definition) is 0. The standard InChI is InChI=1S/C6H9NS.CH4/c1-5(2)6-7-3-4-8-6;/h3-5H,1-2H3;1H4. The summed E-state index contributed by atoms with van der Waals surface area (Å²) in [5.74, 6) is 0.593. The predicted molar refractivity (Wildman–Crippen MR) is 42.9 cm³/mol. The summed E-state index contributed by atoms with van der Waals surface area (Å²) in [5, 5.41) is 3.24. The van der Waals surface area contributed by atoms with Crippen molar-refractivity contribution in [3.05, 3.63) is 16.6 Å². The third-order valence-electron chi connectivity index (χ3n) is 0.945. The van der Waals surface area contributed by atoms with E-state index in [0.29, 0.717) is 5.92 Å². The van der Waals surface area contributed by atoms with E-state index in [0.717, 1.165) is 0 Å². The Labute approximate surface area is 60.8 Å². The van der Waals surface area contributed by atoms with Crippen LogP contribution < -0.4 is 0 Å². The van der Waals surface area contributed by atoms with E-state index >= 15 is 0 Å². The van der Waals surface area contributed by atoms with Crippen molar-refractivity contribution in [3.63, 3.8) is 0 Å². The van der Waals surface area contributed by atoms with Gasteiger partial charge >= 0.3 is 0 Å². The zero-order chi connectivity index (χ0) is 5.98. The first-order valence-corrected chi connectivity index (χ1v) is 3.58. The van der Waals surface area contributed by atoms with Crippen molar-refractivity contribution in [1.29, 1.82) is 0 Å². The molecule has 0 aliphatic heterocycles. The molecule has 0 N–H and O–H groups in total. The lowest BCUT2D eigenvalue weighted by molar-refractivity contribution is 0.852. The van der Waals surface area contributed by atoms with Crippen LogP contribution in [-0.2, 0) is 0 Å². The minimum Gasteiger partial charge on any atom is -0.249 e. The summed E-state index contributed by atoms with van der Waals surface area (Å²) in [6.07, 6.45) is 1.85. The Balaban J connectivity index is 0.000000640. The van der Waals surface area contributed by atoms with E-state index in [1.807, 2.05) is 11.6 Å². The van der Waals surface area contributed by atoms with E-state index in [-0.39, 0.29) is 7.43 Å². The Bertz CT molecular complexity index is 144. The van der Waals surface area contributed by atoms with E-state index in [2.05, 4.69) is 18.8 Å². The molecular weight excluding hydrogens is 130 g/mol. The van der Waals surface area contributed by atoms with Crippen LogP contribution >= 0.6 is 11.3 Å². The number of aromatic nitrogens is 1. The molecule has 2 heteroatoms. The fourth-order valence-electron chi connectivity index (χ4n) is 0.520. The SMILES string of the molecule is C.CC(C)c1nccs1. The van der Waals surface area contributed by atoms with E-state index in [1.54, 1.807) is 11.3 Å². The predicted octanol–water partition coefficient (Wildman–Crippen LogP) is 2.90. The number of rotatable bonds is 1. The molecule has 1 aromatic heterocycles. The molecule has 0 saturated heterocycles. The quantitative estimate of drug-likeness (QED) is 0.589. The Hall–Kier alpha value is -0.370. The molecule has 0 aliphatic carbocycles. The molecule has 0 atom stereocenters. The second kappa shape index (κ2) is 3.62. The van der Waals surface area contributed by atoms with Crippen LogP contribution in [0, 0.1) is 0 Å². The molecule has 0 bridgehead atoms. The van der Waals surface area contributed by atoms with Gasteiger partial charge in [0.1, 0.15) is 0 Å². The molecular formula is C7H13NS. The van der Waals surface area contributed by atoms with Crippen LogP contribution in [0.25, 0.3) is 0 Å². The zero-order valence-electron chi connectivity index (χ0n) is 5.09. The number of hydrogen-bond acceptors (Lipinski definition) is 2. The van der Waals surface area contributed by atoms with Crippen LogP contribution in [-0.4, -0.2) is 4.98 Å². The molecule has 0 aliphatic rings. The van der Waals surface area contributed by atoms with Crippen molar-refractivity contribution >= 4 is 11.3 Å². The molecule has 0 radical (unpaired) electrons. The van der Waals surface area contributed by atoms with E-state index < -0.39 is 0 Å². The van der Waals surface area contributed by atoms with Gasteiger partial charge < -0.3 is 0 Å². The van der Waals surface area contributed by atoms with Crippen LogP contribution in [0.5, 0.6) is 0 Å². The maximum atomic E-state index is 4.13. The minimum atomic E-state index is 0. The molecule has 1 rings (SSSR count). The number of nitrogens with zero attached hydrogens (tertiary/aromatic N) is 1. The number of thiazole rings is 1. The summed E-state index contributed by atoms with van der Waals surface area (Å²) >= 11 is 1.72.